The van der Waals surface area contributed by atoms with Crippen LogP contribution in [0.1, 0.15) is 25.3 Å². The van der Waals surface area contributed by atoms with Crippen molar-refractivity contribution < 1.29 is 0 Å². The first-order valence-corrected chi connectivity index (χ1v) is 6.73. The molecule has 1 saturated heterocycles. The third-order valence-corrected chi connectivity index (χ3v) is 3.80. The Kier molecular flexibility index (Phi) is 4.57. The van der Waals surface area contributed by atoms with Gasteiger partial charge < -0.3 is 10.2 Å². The lowest BCUT2D eigenvalue weighted by atomic mass is 10.1. The fraction of sp³-hybridized carbons (Fsp3) is 0.600. The van der Waals surface area contributed by atoms with E-state index in [9.17, 15) is 0 Å². The predicted octanol–water partition coefficient (Wildman–Crippen LogP) is 2.30. The van der Waals surface area contributed by atoms with E-state index in [0.717, 1.165) is 12.6 Å². The van der Waals surface area contributed by atoms with E-state index in [-0.39, 0.29) is 0 Å². The van der Waals surface area contributed by atoms with Crippen molar-refractivity contribution in [2.45, 2.75) is 38.3 Å². The van der Waals surface area contributed by atoms with Crippen molar-refractivity contribution in [2.24, 2.45) is 0 Å². The SMILES string of the molecule is CC1CC(NCCCc2ccccc2)CN1C. The van der Waals surface area contributed by atoms with Crippen LogP contribution >= 0.6 is 0 Å². The number of likely N-dealkylation sites (tertiary alicyclic amines) is 1. The summed E-state index contributed by atoms with van der Waals surface area (Å²) in [6.45, 7) is 4.65. The van der Waals surface area contributed by atoms with Crippen LogP contribution in [0.15, 0.2) is 30.3 Å². The summed E-state index contributed by atoms with van der Waals surface area (Å²) in [5, 5.41) is 3.67. The quantitative estimate of drug-likeness (QED) is 0.784. The minimum Gasteiger partial charge on any atom is -0.313 e. The third kappa shape index (κ3) is 3.83. The maximum atomic E-state index is 3.67. The summed E-state index contributed by atoms with van der Waals surface area (Å²) >= 11 is 0. The zero-order valence-electron chi connectivity index (χ0n) is 11.0. The normalized spacial score (nSPS) is 25.3. The second kappa shape index (κ2) is 6.18. The molecule has 0 bridgehead atoms. The molecule has 0 aromatic heterocycles. The van der Waals surface area contributed by atoms with Gasteiger partial charge in [0.2, 0.25) is 0 Å². The van der Waals surface area contributed by atoms with Crippen molar-refractivity contribution in [1.29, 1.82) is 0 Å². The van der Waals surface area contributed by atoms with Gasteiger partial charge in [-0.2, -0.15) is 0 Å². The van der Waals surface area contributed by atoms with E-state index >= 15 is 0 Å². The first-order valence-electron chi connectivity index (χ1n) is 6.73. The molecule has 2 heteroatoms. The van der Waals surface area contributed by atoms with Crippen LogP contribution < -0.4 is 5.32 Å². The topological polar surface area (TPSA) is 15.3 Å². The van der Waals surface area contributed by atoms with Crippen LogP contribution in [0, 0.1) is 0 Å². The van der Waals surface area contributed by atoms with E-state index in [4.69, 9.17) is 0 Å². The number of likely N-dealkylation sites (N-methyl/N-ethyl adjacent to an activating group) is 1. The van der Waals surface area contributed by atoms with Gasteiger partial charge in [0.05, 0.1) is 0 Å². The summed E-state index contributed by atoms with van der Waals surface area (Å²) in [7, 11) is 2.22. The van der Waals surface area contributed by atoms with Crippen molar-refractivity contribution in [2.75, 3.05) is 20.1 Å². The lowest BCUT2D eigenvalue weighted by Gasteiger charge is -2.13. The van der Waals surface area contributed by atoms with Crippen molar-refractivity contribution in [3.8, 4) is 0 Å². The lowest BCUT2D eigenvalue weighted by Crippen LogP contribution is -2.32. The summed E-state index contributed by atoms with van der Waals surface area (Å²) in [4.78, 5) is 2.44. The number of hydrogen-bond acceptors (Lipinski definition) is 2. The molecule has 2 unspecified atom stereocenters. The van der Waals surface area contributed by atoms with Crippen LogP contribution in [0.2, 0.25) is 0 Å². The molecule has 1 aliphatic heterocycles. The first-order chi connectivity index (χ1) is 8.25. The van der Waals surface area contributed by atoms with Gasteiger partial charge in [-0.25, -0.2) is 0 Å². The maximum absolute atomic E-state index is 3.67. The van der Waals surface area contributed by atoms with Gasteiger partial charge in [0.25, 0.3) is 0 Å². The number of benzene rings is 1. The summed E-state index contributed by atoms with van der Waals surface area (Å²) in [6, 6.07) is 12.2. The highest BCUT2D eigenvalue weighted by atomic mass is 15.2. The Labute approximate surface area is 105 Å². The fourth-order valence-corrected chi connectivity index (χ4v) is 2.59. The average Bonchev–Trinajstić information content (AvgIpc) is 2.66. The smallest absolute Gasteiger partial charge is 0.0209 e. The molecule has 0 radical (unpaired) electrons. The van der Waals surface area contributed by atoms with Crippen molar-refractivity contribution >= 4 is 0 Å². The Morgan fingerprint density at radius 3 is 2.71 bits per heavy atom. The number of nitrogens with one attached hydrogen (secondary N) is 1. The van der Waals surface area contributed by atoms with Gasteiger partial charge >= 0.3 is 0 Å². The Morgan fingerprint density at radius 1 is 1.29 bits per heavy atom. The monoisotopic (exact) mass is 232 g/mol. The molecule has 1 N–H and O–H groups in total. The Hall–Kier alpha value is -0.860. The summed E-state index contributed by atoms with van der Waals surface area (Å²) < 4.78 is 0. The third-order valence-electron chi connectivity index (χ3n) is 3.80. The molecule has 2 nitrogen and oxygen atoms in total. The van der Waals surface area contributed by atoms with Crippen LogP contribution in [0.5, 0.6) is 0 Å². The van der Waals surface area contributed by atoms with Gasteiger partial charge in [-0.3, -0.25) is 0 Å². The van der Waals surface area contributed by atoms with Gasteiger partial charge in [0, 0.05) is 18.6 Å². The fourth-order valence-electron chi connectivity index (χ4n) is 2.59. The average molecular weight is 232 g/mol. The van der Waals surface area contributed by atoms with E-state index < -0.39 is 0 Å². The molecular formula is C15H24N2. The Bertz CT molecular complexity index is 313. The highest BCUT2D eigenvalue weighted by Crippen LogP contribution is 2.14. The zero-order chi connectivity index (χ0) is 12.1. The van der Waals surface area contributed by atoms with Crippen molar-refractivity contribution in [3.05, 3.63) is 35.9 Å². The molecule has 1 fully saturated rings. The van der Waals surface area contributed by atoms with Gasteiger partial charge in [0.1, 0.15) is 0 Å². The van der Waals surface area contributed by atoms with Gasteiger partial charge in [-0.05, 0) is 45.3 Å². The number of hydrogen-bond donors (Lipinski definition) is 1. The minimum absolute atomic E-state index is 0.700. The first kappa shape index (κ1) is 12.6. The zero-order valence-corrected chi connectivity index (χ0v) is 11.0. The van der Waals surface area contributed by atoms with Crippen LogP contribution in [0.4, 0.5) is 0 Å². The van der Waals surface area contributed by atoms with Crippen LogP contribution in [0.25, 0.3) is 0 Å². The largest absolute Gasteiger partial charge is 0.313 e. The predicted molar refractivity (Wildman–Crippen MR) is 73.3 cm³/mol. The molecule has 1 aliphatic rings. The molecule has 0 amide bonds. The standard InChI is InChI=1S/C15H24N2/c1-13-11-15(12-17(13)2)16-10-6-9-14-7-4-3-5-8-14/h3-5,7-8,13,15-16H,6,9-12H2,1-2H3. The number of nitrogens with zero attached hydrogens (tertiary/aromatic N) is 1. The lowest BCUT2D eigenvalue weighted by molar-refractivity contribution is 0.326. The minimum atomic E-state index is 0.700. The second-order valence-corrected chi connectivity index (χ2v) is 5.26. The highest BCUT2D eigenvalue weighted by Gasteiger charge is 2.24. The second-order valence-electron chi connectivity index (χ2n) is 5.26. The van der Waals surface area contributed by atoms with Crippen molar-refractivity contribution in [3.63, 3.8) is 0 Å². The van der Waals surface area contributed by atoms with E-state index in [1.165, 1.54) is 31.4 Å². The van der Waals surface area contributed by atoms with Crippen molar-refractivity contribution in [1.82, 2.24) is 10.2 Å². The molecule has 1 aromatic carbocycles. The van der Waals surface area contributed by atoms with Crippen LogP contribution in [-0.4, -0.2) is 37.1 Å². The molecule has 1 aromatic rings. The van der Waals surface area contributed by atoms with E-state index in [0.29, 0.717) is 6.04 Å². The van der Waals surface area contributed by atoms with E-state index in [1.54, 1.807) is 0 Å². The maximum Gasteiger partial charge on any atom is 0.0209 e. The molecule has 2 atom stereocenters. The van der Waals surface area contributed by atoms with E-state index in [2.05, 4.69) is 54.5 Å². The Balaban J connectivity index is 1.61. The van der Waals surface area contributed by atoms with Gasteiger partial charge in [-0.1, -0.05) is 30.3 Å². The molecule has 1 heterocycles. The van der Waals surface area contributed by atoms with Crippen LogP contribution in [-0.2, 0) is 6.42 Å². The molecule has 0 saturated carbocycles. The summed E-state index contributed by atoms with van der Waals surface area (Å²) in [5.74, 6) is 0. The van der Waals surface area contributed by atoms with Gasteiger partial charge in [0.15, 0.2) is 0 Å². The number of rotatable bonds is 5. The van der Waals surface area contributed by atoms with E-state index in [1.807, 2.05) is 0 Å². The molecule has 0 spiro atoms. The molecule has 94 valence electrons. The molecule has 2 rings (SSSR count). The number of aryl methyl sites for hydroxylation is 1. The van der Waals surface area contributed by atoms with Gasteiger partial charge in [-0.15, -0.1) is 0 Å². The van der Waals surface area contributed by atoms with Crippen LogP contribution in [0.3, 0.4) is 0 Å². The summed E-state index contributed by atoms with van der Waals surface area (Å²) in [5.41, 5.74) is 1.45. The highest BCUT2D eigenvalue weighted by molar-refractivity contribution is 5.14. The molecule has 17 heavy (non-hydrogen) atoms. The molecule has 0 aliphatic carbocycles. The Morgan fingerprint density at radius 2 is 2.06 bits per heavy atom. The molecular weight excluding hydrogens is 208 g/mol. The summed E-state index contributed by atoms with van der Waals surface area (Å²) in [6.07, 6.45) is 3.71.